The van der Waals surface area contributed by atoms with Gasteiger partial charge in [-0.05, 0) is 53.2 Å². The Morgan fingerprint density at radius 1 is 0.964 bits per heavy atom. The first kappa shape index (κ1) is 18.9. The van der Waals surface area contributed by atoms with E-state index in [0.717, 1.165) is 10.8 Å². The molecule has 3 rings (SSSR count). The number of hydrogen-bond donors (Lipinski definition) is 3. The molecule has 0 aliphatic heterocycles. The van der Waals surface area contributed by atoms with Gasteiger partial charge in [0, 0.05) is 16.8 Å². The first-order chi connectivity index (χ1) is 13.5. The number of nitrogens with one attached hydrogen (secondary N) is 2. The summed E-state index contributed by atoms with van der Waals surface area (Å²) < 4.78 is 9.78. The van der Waals surface area contributed by atoms with E-state index in [2.05, 4.69) is 10.1 Å². The van der Waals surface area contributed by atoms with E-state index in [0.29, 0.717) is 22.6 Å². The Hall–Kier alpha value is -3.87. The van der Waals surface area contributed by atoms with Gasteiger partial charge in [-0.25, -0.2) is 4.79 Å². The first-order valence-corrected chi connectivity index (χ1v) is 8.45. The lowest BCUT2D eigenvalue weighted by Crippen LogP contribution is -2.13. The van der Waals surface area contributed by atoms with E-state index in [1.165, 1.54) is 7.11 Å². The summed E-state index contributed by atoms with van der Waals surface area (Å²) in [5.74, 6) is -0.219. The predicted molar refractivity (Wildman–Crippen MR) is 107 cm³/mol. The molecule has 0 unspecified atom stereocenters. The van der Waals surface area contributed by atoms with Crippen molar-refractivity contribution in [3.05, 3.63) is 71.8 Å². The number of anilines is 1. The molecule has 0 fully saturated rings. The number of ether oxygens (including phenoxy) is 2. The summed E-state index contributed by atoms with van der Waals surface area (Å²) in [5, 5.41) is 12.1. The third kappa shape index (κ3) is 4.45. The fourth-order valence-corrected chi connectivity index (χ4v) is 2.59. The Bertz CT molecular complexity index is 1050. The molecule has 142 valence electrons. The zero-order valence-corrected chi connectivity index (χ0v) is 15.2. The number of fused-ring (bicyclic) bond motifs is 1. The summed E-state index contributed by atoms with van der Waals surface area (Å²) in [7, 11) is 1.29. The highest BCUT2D eigenvalue weighted by Gasteiger charge is 2.09. The number of hydrogen-bond acceptors (Lipinski definition) is 5. The van der Waals surface area contributed by atoms with E-state index in [1.54, 1.807) is 42.5 Å². The highest BCUT2D eigenvalue weighted by Crippen LogP contribution is 2.20. The normalized spacial score (nSPS) is 10.3. The maximum absolute atomic E-state index is 12.5. The van der Waals surface area contributed by atoms with Crippen molar-refractivity contribution in [2.24, 2.45) is 5.73 Å². The fraction of sp³-hybridized carbons (Fsp3) is 0.0952. The number of nitrogen functional groups attached to an aromatic ring is 1. The van der Waals surface area contributed by atoms with Crippen LogP contribution in [-0.4, -0.2) is 31.4 Å². The second-order valence-electron chi connectivity index (χ2n) is 6.03. The predicted octanol–water partition coefficient (Wildman–Crippen LogP) is 2.93. The molecule has 0 saturated heterocycles. The van der Waals surface area contributed by atoms with Gasteiger partial charge in [0.25, 0.3) is 5.91 Å². The van der Waals surface area contributed by atoms with Crippen molar-refractivity contribution >= 4 is 34.2 Å². The molecule has 0 bridgehead atoms. The van der Waals surface area contributed by atoms with Crippen LogP contribution in [0.25, 0.3) is 10.8 Å². The average Bonchev–Trinajstić information content (AvgIpc) is 2.72. The number of carbonyl (C=O) groups is 2. The summed E-state index contributed by atoms with van der Waals surface area (Å²) in [6.07, 6.45) is 0. The van der Waals surface area contributed by atoms with E-state index in [-0.39, 0.29) is 18.3 Å². The molecule has 0 aliphatic rings. The molecule has 4 N–H and O–H groups in total. The van der Waals surface area contributed by atoms with Gasteiger partial charge in [0.1, 0.15) is 11.6 Å². The quantitative estimate of drug-likeness (QED) is 0.347. The number of amides is 1. The van der Waals surface area contributed by atoms with Gasteiger partial charge >= 0.3 is 5.97 Å². The van der Waals surface area contributed by atoms with Gasteiger partial charge in [0.2, 0.25) is 0 Å². The van der Waals surface area contributed by atoms with Crippen molar-refractivity contribution in [2.45, 2.75) is 0 Å². The minimum absolute atomic E-state index is 0.00253. The molecule has 7 nitrogen and oxygen atoms in total. The second kappa shape index (κ2) is 8.22. The van der Waals surface area contributed by atoms with E-state index in [9.17, 15) is 9.59 Å². The molecule has 0 radical (unpaired) electrons. The Labute approximate surface area is 161 Å². The van der Waals surface area contributed by atoms with Gasteiger partial charge in [-0.1, -0.05) is 18.2 Å². The fourth-order valence-electron chi connectivity index (χ4n) is 2.59. The standard InChI is InChI=1S/C21H19N3O4/c1-27-19(25)12-28-18-8-6-17(7-9-18)24-21(26)16-5-3-13-10-15(20(22)23)4-2-14(13)11-16/h2-11H,12H2,1H3,(H3,22,23)(H,24,26). The van der Waals surface area contributed by atoms with Crippen LogP contribution in [0.5, 0.6) is 5.75 Å². The van der Waals surface area contributed by atoms with Gasteiger partial charge in [0.05, 0.1) is 7.11 Å². The Morgan fingerprint density at radius 2 is 1.57 bits per heavy atom. The molecule has 0 spiro atoms. The molecule has 28 heavy (non-hydrogen) atoms. The van der Waals surface area contributed by atoms with Crippen molar-refractivity contribution in [3.8, 4) is 5.75 Å². The van der Waals surface area contributed by atoms with E-state index in [4.69, 9.17) is 15.9 Å². The van der Waals surface area contributed by atoms with Crippen molar-refractivity contribution in [1.29, 1.82) is 5.41 Å². The lowest BCUT2D eigenvalue weighted by Gasteiger charge is -2.09. The van der Waals surface area contributed by atoms with E-state index in [1.807, 2.05) is 18.2 Å². The molecule has 0 saturated carbocycles. The van der Waals surface area contributed by atoms with Gasteiger partial charge in [-0.2, -0.15) is 0 Å². The van der Waals surface area contributed by atoms with Crippen molar-refractivity contribution in [3.63, 3.8) is 0 Å². The number of benzene rings is 3. The minimum atomic E-state index is -0.468. The average molecular weight is 377 g/mol. The Morgan fingerprint density at radius 3 is 2.18 bits per heavy atom. The van der Waals surface area contributed by atoms with E-state index >= 15 is 0 Å². The van der Waals surface area contributed by atoms with Gasteiger partial charge in [-0.15, -0.1) is 0 Å². The van der Waals surface area contributed by atoms with Crippen LogP contribution in [0.2, 0.25) is 0 Å². The second-order valence-corrected chi connectivity index (χ2v) is 6.03. The lowest BCUT2D eigenvalue weighted by atomic mass is 10.0. The lowest BCUT2D eigenvalue weighted by molar-refractivity contribution is -0.142. The highest BCUT2D eigenvalue weighted by atomic mass is 16.6. The number of rotatable bonds is 6. The zero-order valence-electron chi connectivity index (χ0n) is 15.2. The molecule has 0 aliphatic carbocycles. The van der Waals surface area contributed by atoms with Gasteiger partial charge in [-0.3, -0.25) is 10.2 Å². The van der Waals surface area contributed by atoms with Crippen molar-refractivity contribution in [2.75, 3.05) is 19.0 Å². The van der Waals surface area contributed by atoms with Crippen LogP contribution >= 0.6 is 0 Å². The molecule has 1 amide bonds. The van der Waals surface area contributed by atoms with Gasteiger partial charge in [0.15, 0.2) is 6.61 Å². The number of methoxy groups -OCH3 is 1. The number of nitrogens with two attached hydrogens (primary N) is 1. The molecular formula is C21H19N3O4. The molecule has 7 heteroatoms. The summed E-state index contributed by atoms with van der Waals surface area (Å²) >= 11 is 0. The molecule has 0 heterocycles. The Kier molecular flexibility index (Phi) is 5.55. The number of carbonyl (C=O) groups excluding carboxylic acids is 2. The van der Waals surface area contributed by atoms with Crippen molar-refractivity contribution < 1.29 is 19.1 Å². The van der Waals surface area contributed by atoms with Crippen LogP contribution in [0.1, 0.15) is 15.9 Å². The maximum atomic E-state index is 12.5. The Balaban J connectivity index is 1.69. The highest BCUT2D eigenvalue weighted by molar-refractivity contribution is 6.07. The zero-order chi connectivity index (χ0) is 20.1. The van der Waals surface area contributed by atoms with Gasteiger partial charge < -0.3 is 20.5 Å². The van der Waals surface area contributed by atoms with Crippen LogP contribution in [0.4, 0.5) is 5.69 Å². The smallest absolute Gasteiger partial charge is 0.343 e. The molecule has 3 aromatic rings. The minimum Gasteiger partial charge on any atom is -0.482 e. The summed E-state index contributed by atoms with van der Waals surface area (Å²) in [6, 6.07) is 17.4. The summed E-state index contributed by atoms with van der Waals surface area (Å²) in [5.41, 5.74) is 7.25. The van der Waals surface area contributed by atoms with Crippen LogP contribution in [0.15, 0.2) is 60.7 Å². The third-order valence-electron chi connectivity index (χ3n) is 4.11. The number of esters is 1. The number of amidine groups is 1. The molecule has 0 aromatic heterocycles. The maximum Gasteiger partial charge on any atom is 0.343 e. The SMILES string of the molecule is COC(=O)COc1ccc(NC(=O)c2ccc3cc(C(=N)N)ccc3c2)cc1. The topological polar surface area (TPSA) is 114 Å². The molecule has 0 atom stereocenters. The van der Waals surface area contributed by atoms with Crippen LogP contribution < -0.4 is 15.8 Å². The largest absolute Gasteiger partial charge is 0.482 e. The molecular weight excluding hydrogens is 358 g/mol. The van der Waals surface area contributed by atoms with Crippen LogP contribution in [0, 0.1) is 5.41 Å². The first-order valence-electron chi connectivity index (χ1n) is 8.45. The molecule has 3 aromatic carbocycles. The van der Waals surface area contributed by atoms with Crippen LogP contribution in [0.3, 0.4) is 0 Å². The van der Waals surface area contributed by atoms with Crippen LogP contribution in [-0.2, 0) is 9.53 Å². The summed E-state index contributed by atoms with van der Waals surface area (Å²) in [6.45, 7) is -0.176. The van der Waals surface area contributed by atoms with E-state index < -0.39 is 5.97 Å². The third-order valence-corrected chi connectivity index (χ3v) is 4.11. The summed E-state index contributed by atoms with van der Waals surface area (Å²) in [4.78, 5) is 23.6. The van der Waals surface area contributed by atoms with Crippen molar-refractivity contribution in [1.82, 2.24) is 0 Å². The monoisotopic (exact) mass is 377 g/mol.